The second kappa shape index (κ2) is 6.71. The van der Waals surface area contributed by atoms with Crippen LogP contribution in [0.25, 0.3) is 0 Å². The van der Waals surface area contributed by atoms with Gasteiger partial charge in [-0.3, -0.25) is 20.4 Å². The van der Waals surface area contributed by atoms with E-state index in [-0.39, 0.29) is 17.9 Å². The fraction of sp³-hybridized carbons (Fsp3) is 0.0714. The van der Waals surface area contributed by atoms with Crippen molar-refractivity contribution in [3.8, 4) is 0 Å². The Bertz CT molecular complexity index is 642. The molecule has 0 radical (unpaired) electrons. The SMILES string of the molecule is O=C(Cc1ccc(Cl)cc1)NNC(=O)c1cc[n+]([O-])cc1. The Morgan fingerprint density at radius 3 is 2.29 bits per heavy atom. The van der Waals surface area contributed by atoms with Crippen LogP contribution >= 0.6 is 11.6 Å². The van der Waals surface area contributed by atoms with Crippen LogP contribution in [0.4, 0.5) is 0 Å². The van der Waals surface area contributed by atoms with Crippen LogP contribution in [0, 0.1) is 5.21 Å². The Kier molecular flexibility index (Phi) is 4.73. The summed E-state index contributed by atoms with van der Waals surface area (Å²) in [6, 6.07) is 9.54. The van der Waals surface area contributed by atoms with E-state index < -0.39 is 5.91 Å². The predicted octanol–water partition coefficient (Wildman–Crippen LogP) is 0.977. The summed E-state index contributed by atoms with van der Waals surface area (Å²) in [6.07, 6.45) is 2.52. The van der Waals surface area contributed by atoms with E-state index in [1.165, 1.54) is 24.5 Å². The Balaban J connectivity index is 1.84. The van der Waals surface area contributed by atoms with E-state index in [0.29, 0.717) is 9.75 Å². The van der Waals surface area contributed by atoms with E-state index in [2.05, 4.69) is 10.9 Å². The van der Waals surface area contributed by atoms with Gasteiger partial charge in [0.1, 0.15) is 0 Å². The third-order valence-corrected chi connectivity index (χ3v) is 2.91. The Morgan fingerprint density at radius 2 is 1.67 bits per heavy atom. The highest BCUT2D eigenvalue weighted by molar-refractivity contribution is 6.30. The number of hydrogen-bond acceptors (Lipinski definition) is 3. The largest absolute Gasteiger partial charge is 0.619 e. The first-order chi connectivity index (χ1) is 10.0. The normalized spacial score (nSPS) is 9.95. The smallest absolute Gasteiger partial charge is 0.270 e. The number of nitrogens with zero attached hydrogens (tertiary/aromatic N) is 1. The molecule has 0 aliphatic carbocycles. The second-order valence-corrected chi connectivity index (χ2v) is 4.69. The molecule has 0 saturated carbocycles. The van der Waals surface area contributed by atoms with E-state index in [4.69, 9.17) is 11.6 Å². The molecule has 0 aliphatic heterocycles. The molecule has 1 heterocycles. The lowest BCUT2D eigenvalue weighted by atomic mass is 10.1. The summed E-state index contributed by atoms with van der Waals surface area (Å²) >= 11 is 5.75. The maximum absolute atomic E-state index is 11.7. The molecule has 0 spiro atoms. The molecule has 1 aromatic carbocycles. The van der Waals surface area contributed by atoms with Gasteiger partial charge in [0.05, 0.1) is 12.0 Å². The lowest BCUT2D eigenvalue weighted by Crippen LogP contribution is -2.42. The highest BCUT2D eigenvalue weighted by Gasteiger charge is 2.08. The molecule has 2 aromatic rings. The summed E-state index contributed by atoms with van der Waals surface area (Å²) in [6.45, 7) is 0. The van der Waals surface area contributed by atoms with Crippen molar-refractivity contribution in [2.24, 2.45) is 0 Å². The van der Waals surface area contributed by atoms with Crippen LogP contribution in [0.15, 0.2) is 48.8 Å². The summed E-state index contributed by atoms with van der Waals surface area (Å²) in [5.41, 5.74) is 5.62. The molecule has 21 heavy (non-hydrogen) atoms. The van der Waals surface area contributed by atoms with Crippen LogP contribution < -0.4 is 15.6 Å². The molecular formula is C14H12ClN3O3. The van der Waals surface area contributed by atoms with Crippen molar-refractivity contribution in [2.45, 2.75) is 6.42 Å². The third-order valence-electron chi connectivity index (χ3n) is 2.66. The van der Waals surface area contributed by atoms with Crippen molar-refractivity contribution < 1.29 is 14.3 Å². The molecule has 2 amide bonds. The molecule has 0 bridgehead atoms. The van der Waals surface area contributed by atoms with E-state index in [0.717, 1.165) is 5.56 Å². The lowest BCUT2D eigenvalue weighted by molar-refractivity contribution is -0.605. The van der Waals surface area contributed by atoms with Gasteiger partial charge in [-0.15, -0.1) is 0 Å². The molecule has 0 saturated heterocycles. The fourth-order valence-electron chi connectivity index (χ4n) is 1.59. The maximum atomic E-state index is 11.7. The van der Waals surface area contributed by atoms with Gasteiger partial charge in [0.2, 0.25) is 5.91 Å². The number of halogens is 1. The van der Waals surface area contributed by atoms with Crippen LogP contribution in [0.5, 0.6) is 0 Å². The van der Waals surface area contributed by atoms with E-state index in [1.807, 2.05) is 0 Å². The topological polar surface area (TPSA) is 85.1 Å². The summed E-state index contributed by atoms with van der Waals surface area (Å²) in [7, 11) is 0. The molecule has 108 valence electrons. The van der Waals surface area contributed by atoms with E-state index in [1.54, 1.807) is 24.3 Å². The Labute approximate surface area is 125 Å². The zero-order valence-corrected chi connectivity index (χ0v) is 11.6. The minimum atomic E-state index is -0.500. The van der Waals surface area contributed by atoms with Gasteiger partial charge in [-0.25, -0.2) is 0 Å². The van der Waals surface area contributed by atoms with Crippen LogP contribution in [-0.2, 0) is 11.2 Å². The van der Waals surface area contributed by atoms with Crippen molar-refractivity contribution in [3.63, 3.8) is 0 Å². The number of hydrogen-bond donors (Lipinski definition) is 2. The van der Waals surface area contributed by atoms with Crippen molar-refractivity contribution in [2.75, 3.05) is 0 Å². The first-order valence-corrected chi connectivity index (χ1v) is 6.45. The molecular weight excluding hydrogens is 294 g/mol. The number of carbonyl (C=O) groups is 2. The Morgan fingerprint density at radius 1 is 1.05 bits per heavy atom. The van der Waals surface area contributed by atoms with Crippen molar-refractivity contribution >= 4 is 23.4 Å². The summed E-state index contributed by atoms with van der Waals surface area (Å²) < 4.78 is 0.565. The van der Waals surface area contributed by atoms with Crippen LogP contribution in [0.1, 0.15) is 15.9 Å². The predicted molar refractivity (Wildman–Crippen MR) is 76.2 cm³/mol. The van der Waals surface area contributed by atoms with Gasteiger partial charge >= 0.3 is 0 Å². The summed E-state index contributed by atoms with van der Waals surface area (Å²) in [5, 5.41) is 11.4. The number of benzene rings is 1. The van der Waals surface area contributed by atoms with E-state index >= 15 is 0 Å². The number of amides is 2. The molecule has 7 heteroatoms. The number of carbonyl (C=O) groups excluding carboxylic acids is 2. The van der Waals surface area contributed by atoms with Gasteiger partial charge in [-0.2, -0.15) is 4.73 Å². The average Bonchev–Trinajstić information content (AvgIpc) is 2.48. The number of hydrazine groups is 1. The Hall–Kier alpha value is -2.60. The molecule has 2 rings (SSSR count). The second-order valence-electron chi connectivity index (χ2n) is 4.25. The number of pyridine rings is 1. The quantitative estimate of drug-likeness (QED) is 0.503. The molecule has 6 nitrogen and oxygen atoms in total. The molecule has 0 atom stereocenters. The highest BCUT2D eigenvalue weighted by atomic mass is 35.5. The lowest BCUT2D eigenvalue weighted by Gasteiger charge is -2.07. The molecule has 0 aliphatic rings. The van der Waals surface area contributed by atoms with Gasteiger partial charge in [-0.05, 0) is 17.7 Å². The third kappa shape index (κ3) is 4.47. The summed E-state index contributed by atoms with van der Waals surface area (Å²) in [4.78, 5) is 23.4. The first-order valence-electron chi connectivity index (χ1n) is 6.07. The van der Waals surface area contributed by atoms with E-state index in [9.17, 15) is 14.8 Å². The van der Waals surface area contributed by atoms with Crippen LogP contribution in [0.3, 0.4) is 0 Å². The molecule has 2 N–H and O–H groups in total. The standard InChI is InChI=1S/C14H12ClN3O3/c15-12-3-1-10(2-4-12)9-13(19)16-17-14(20)11-5-7-18(21)8-6-11/h1-8H,9H2,(H,16,19)(H,17,20). The van der Waals surface area contributed by atoms with Crippen molar-refractivity contribution in [1.29, 1.82) is 0 Å². The summed E-state index contributed by atoms with van der Waals surface area (Å²) in [5.74, 6) is -0.861. The van der Waals surface area contributed by atoms with Crippen molar-refractivity contribution in [3.05, 3.63) is 70.1 Å². The molecule has 1 aromatic heterocycles. The minimum Gasteiger partial charge on any atom is -0.619 e. The van der Waals surface area contributed by atoms with Gasteiger partial charge in [0.15, 0.2) is 12.4 Å². The zero-order chi connectivity index (χ0) is 15.2. The molecule has 0 unspecified atom stereocenters. The monoisotopic (exact) mass is 305 g/mol. The van der Waals surface area contributed by atoms with Gasteiger partial charge in [0, 0.05) is 17.2 Å². The van der Waals surface area contributed by atoms with Crippen molar-refractivity contribution in [1.82, 2.24) is 10.9 Å². The number of aromatic nitrogens is 1. The van der Waals surface area contributed by atoms with Gasteiger partial charge in [-0.1, -0.05) is 23.7 Å². The number of nitrogens with one attached hydrogen (secondary N) is 2. The first kappa shape index (κ1) is 14.8. The van der Waals surface area contributed by atoms with Gasteiger partial charge in [0.25, 0.3) is 5.91 Å². The highest BCUT2D eigenvalue weighted by Crippen LogP contribution is 2.09. The van der Waals surface area contributed by atoms with Crippen LogP contribution in [-0.4, -0.2) is 11.8 Å². The fourth-order valence-corrected chi connectivity index (χ4v) is 1.72. The molecule has 0 fully saturated rings. The maximum Gasteiger partial charge on any atom is 0.270 e. The number of rotatable bonds is 3. The van der Waals surface area contributed by atoms with Gasteiger partial charge < -0.3 is 5.21 Å². The van der Waals surface area contributed by atoms with Crippen LogP contribution in [0.2, 0.25) is 5.02 Å². The minimum absolute atomic E-state index is 0.118. The zero-order valence-electron chi connectivity index (χ0n) is 10.9. The average molecular weight is 306 g/mol.